The summed E-state index contributed by atoms with van der Waals surface area (Å²) in [6, 6.07) is 15.5. The Balaban J connectivity index is 2.40. The predicted octanol–water partition coefficient (Wildman–Crippen LogP) is 3.74. The highest BCUT2D eigenvalue weighted by Gasteiger charge is 2.05. The van der Waals surface area contributed by atoms with Gasteiger partial charge in [-0.1, -0.05) is 58.4 Å². The quantitative estimate of drug-likeness (QED) is 0.935. The molecular formula is C14H11BrO2. The Kier molecular flexibility index (Phi) is 3.59. The maximum absolute atomic E-state index is 10.7. The van der Waals surface area contributed by atoms with Crippen molar-refractivity contribution < 1.29 is 9.90 Å². The second kappa shape index (κ2) is 5.15. The number of rotatable bonds is 3. The average Bonchev–Trinajstić information content (AvgIpc) is 2.29. The fourth-order valence-electron chi connectivity index (χ4n) is 1.72. The zero-order valence-electron chi connectivity index (χ0n) is 9.06. The molecule has 2 aromatic carbocycles. The fourth-order valence-corrected chi connectivity index (χ4v) is 2.23. The molecule has 0 unspecified atom stereocenters. The van der Waals surface area contributed by atoms with Gasteiger partial charge in [-0.05, 0) is 22.8 Å². The average molecular weight is 291 g/mol. The first-order valence-electron chi connectivity index (χ1n) is 5.22. The first-order chi connectivity index (χ1) is 8.16. The Morgan fingerprint density at radius 3 is 2.59 bits per heavy atom. The van der Waals surface area contributed by atoms with Crippen molar-refractivity contribution in [1.82, 2.24) is 0 Å². The lowest BCUT2D eigenvalue weighted by atomic mass is 10.0. The number of carboxylic acids is 1. The number of hydrogen-bond donors (Lipinski definition) is 1. The van der Waals surface area contributed by atoms with Gasteiger partial charge in [0.2, 0.25) is 0 Å². The molecule has 0 amide bonds. The first kappa shape index (κ1) is 11.9. The molecule has 0 fully saturated rings. The van der Waals surface area contributed by atoms with Crippen LogP contribution in [-0.2, 0) is 11.2 Å². The molecule has 2 rings (SSSR count). The van der Waals surface area contributed by atoms with Crippen LogP contribution in [0.5, 0.6) is 0 Å². The van der Waals surface area contributed by atoms with E-state index in [9.17, 15) is 4.79 Å². The molecule has 3 heteroatoms. The Bertz CT molecular complexity index is 549. The Morgan fingerprint density at radius 2 is 1.88 bits per heavy atom. The summed E-state index contributed by atoms with van der Waals surface area (Å²) in [6.45, 7) is 0. The molecule has 2 nitrogen and oxygen atoms in total. The lowest BCUT2D eigenvalue weighted by Crippen LogP contribution is -1.99. The molecule has 0 aromatic heterocycles. The van der Waals surface area contributed by atoms with Gasteiger partial charge in [-0.15, -0.1) is 0 Å². The van der Waals surface area contributed by atoms with E-state index in [0.29, 0.717) is 0 Å². The van der Waals surface area contributed by atoms with Crippen molar-refractivity contribution in [3.05, 3.63) is 58.6 Å². The van der Waals surface area contributed by atoms with Gasteiger partial charge in [0.1, 0.15) is 0 Å². The van der Waals surface area contributed by atoms with Gasteiger partial charge in [-0.25, -0.2) is 0 Å². The van der Waals surface area contributed by atoms with Crippen molar-refractivity contribution in [2.45, 2.75) is 6.42 Å². The fraction of sp³-hybridized carbons (Fsp3) is 0.0714. The molecule has 0 atom stereocenters. The smallest absolute Gasteiger partial charge is 0.307 e. The summed E-state index contributed by atoms with van der Waals surface area (Å²) in [7, 11) is 0. The largest absolute Gasteiger partial charge is 0.481 e. The molecule has 0 spiro atoms. The SMILES string of the molecule is O=C(O)Cc1cccc(-c2ccccc2Br)c1. The van der Waals surface area contributed by atoms with E-state index < -0.39 is 5.97 Å². The van der Waals surface area contributed by atoms with Crippen LogP contribution in [0.25, 0.3) is 11.1 Å². The number of halogens is 1. The van der Waals surface area contributed by atoms with E-state index in [1.807, 2.05) is 48.5 Å². The molecular weight excluding hydrogens is 280 g/mol. The minimum absolute atomic E-state index is 0.0539. The van der Waals surface area contributed by atoms with Gasteiger partial charge >= 0.3 is 5.97 Å². The van der Waals surface area contributed by atoms with E-state index in [2.05, 4.69) is 15.9 Å². The van der Waals surface area contributed by atoms with Crippen molar-refractivity contribution >= 4 is 21.9 Å². The zero-order chi connectivity index (χ0) is 12.3. The van der Waals surface area contributed by atoms with Crippen molar-refractivity contribution in [3.63, 3.8) is 0 Å². The van der Waals surface area contributed by atoms with E-state index in [1.54, 1.807) is 0 Å². The lowest BCUT2D eigenvalue weighted by molar-refractivity contribution is -0.136. The first-order valence-corrected chi connectivity index (χ1v) is 6.02. The second-order valence-electron chi connectivity index (χ2n) is 3.75. The highest BCUT2D eigenvalue weighted by atomic mass is 79.9. The van der Waals surface area contributed by atoms with Gasteiger partial charge in [0.15, 0.2) is 0 Å². The van der Waals surface area contributed by atoms with Crippen LogP contribution in [0.1, 0.15) is 5.56 Å². The molecule has 0 radical (unpaired) electrons. The summed E-state index contributed by atoms with van der Waals surface area (Å²) in [6.07, 6.45) is 0.0539. The summed E-state index contributed by atoms with van der Waals surface area (Å²) >= 11 is 3.49. The topological polar surface area (TPSA) is 37.3 Å². The van der Waals surface area contributed by atoms with E-state index in [1.165, 1.54) is 0 Å². The van der Waals surface area contributed by atoms with Crippen LogP contribution in [0, 0.1) is 0 Å². The van der Waals surface area contributed by atoms with E-state index in [-0.39, 0.29) is 6.42 Å². The van der Waals surface area contributed by atoms with Gasteiger partial charge in [0, 0.05) is 4.47 Å². The number of benzene rings is 2. The Hall–Kier alpha value is -1.61. The molecule has 86 valence electrons. The Morgan fingerprint density at radius 1 is 1.12 bits per heavy atom. The molecule has 0 aliphatic heterocycles. The molecule has 0 heterocycles. The molecule has 0 saturated heterocycles. The maximum atomic E-state index is 10.7. The number of hydrogen-bond acceptors (Lipinski definition) is 1. The predicted molar refractivity (Wildman–Crippen MR) is 70.9 cm³/mol. The summed E-state index contributed by atoms with van der Waals surface area (Å²) in [5, 5.41) is 8.77. The number of aliphatic carboxylic acids is 1. The van der Waals surface area contributed by atoms with Gasteiger partial charge in [0.25, 0.3) is 0 Å². The third kappa shape index (κ3) is 2.94. The standard InChI is InChI=1S/C14H11BrO2/c15-13-7-2-1-6-12(13)11-5-3-4-10(8-11)9-14(16)17/h1-8H,9H2,(H,16,17). The van der Waals surface area contributed by atoms with Crippen LogP contribution in [0.2, 0.25) is 0 Å². The number of carboxylic acid groups (broad SMARTS) is 1. The van der Waals surface area contributed by atoms with Crippen LogP contribution in [0.4, 0.5) is 0 Å². The van der Waals surface area contributed by atoms with Crippen molar-refractivity contribution in [1.29, 1.82) is 0 Å². The third-order valence-electron chi connectivity index (χ3n) is 2.47. The molecule has 0 aliphatic carbocycles. The van der Waals surface area contributed by atoms with Crippen LogP contribution in [-0.4, -0.2) is 11.1 Å². The molecule has 0 aliphatic rings. The third-order valence-corrected chi connectivity index (χ3v) is 3.16. The Labute approximate surface area is 108 Å². The maximum Gasteiger partial charge on any atom is 0.307 e. The number of carbonyl (C=O) groups is 1. The highest BCUT2D eigenvalue weighted by molar-refractivity contribution is 9.10. The highest BCUT2D eigenvalue weighted by Crippen LogP contribution is 2.28. The molecule has 0 saturated carbocycles. The van der Waals surface area contributed by atoms with E-state index in [4.69, 9.17) is 5.11 Å². The molecule has 0 bridgehead atoms. The van der Waals surface area contributed by atoms with Gasteiger partial charge in [-0.2, -0.15) is 0 Å². The zero-order valence-corrected chi connectivity index (χ0v) is 10.6. The van der Waals surface area contributed by atoms with Gasteiger partial charge in [-0.3, -0.25) is 4.79 Å². The minimum atomic E-state index is -0.811. The van der Waals surface area contributed by atoms with Gasteiger partial charge < -0.3 is 5.11 Å². The molecule has 1 N–H and O–H groups in total. The van der Waals surface area contributed by atoms with Crippen LogP contribution in [0.15, 0.2) is 53.0 Å². The van der Waals surface area contributed by atoms with Crippen LogP contribution < -0.4 is 0 Å². The van der Waals surface area contributed by atoms with Crippen LogP contribution >= 0.6 is 15.9 Å². The second-order valence-corrected chi connectivity index (χ2v) is 4.61. The normalized spacial score (nSPS) is 10.2. The van der Waals surface area contributed by atoms with E-state index >= 15 is 0 Å². The van der Waals surface area contributed by atoms with Crippen molar-refractivity contribution in [2.75, 3.05) is 0 Å². The lowest BCUT2D eigenvalue weighted by Gasteiger charge is -2.06. The monoisotopic (exact) mass is 290 g/mol. The van der Waals surface area contributed by atoms with Crippen LogP contribution in [0.3, 0.4) is 0 Å². The minimum Gasteiger partial charge on any atom is -0.481 e. The van der Waals surface area contributed by atoms with E-state index in [0.717, 1.165) is 21.2 Å². The van der Waals surface area contributed by atoms with Crippen molar-refractivity contribution in [3.8, 4) is 11.1 Å². The summed E-state index contributed by atoms with van der Waals surface area (Å²) in [5.41, 5.74) is 2.90. The summed E-state index contributed by atoms with van der Waals surface area (Å²) in [5.74, 6) is -0.811. The van der Waals surface area contributed by atoms with Crippen molar-refractivity contribution in [2.24, 2.45) is 0 Å². The molecule has 2 aromatic rings. The summed E-state index contributed by atoms with van der Waals surface area (Å²) < 4.78 is 1.01. The van der Waals surface area contributed by atoms with Gasteiger partial charge in [0.05, 0.1) is 6.42 Å². The summed E-state index contributed by atoms with van der Waals surface area (Å²) in [4.78, 5) is 10.7. The molecule has 17 heavy (non-hydrogen) atoms.